The van der Waals surface area contributed by atoms with Crippen molar-refractivity contribution in [1.29, 1.82) is 0 Å². The number of aryl methyl sites for hydroxylation is 1. The van der Waals surface area contributed by atoms with Crippen LogP contribution in [-0.2, 0) is 9.53 Å². The van der Waals surface area contributed by atoms with Crippen LogP contribution in [0.2, 0.25) is 0 Å². The van der Waals surface area contributed by atoms with Gasteiger partial charge in [-0.25, -0.2) is 4.98 Å². The molecule has 5 heteroatoms. The van der Waals surface area contributed by atoms with Gasteiger partial charge < -0.3 is 9.47 Å². The standard InChI is InChI=1S/C16H19NO3S/c1-5-20-16(18)11(3)21-14-9-10(2)12-7-6-8-13(19-4)15(12)17-14/h6-9,11H,5H2,1-4H3. The van der Waals surface area contributed by atoms with Crippen LogP contribution in [0.15, 0.2) is 29.3 Å². The fourth-order valence-corrected chi connectivity index (χ4v) is 2.99. The Morgan fingerprint density at radius 2 is 2.19 bits per heavy atom. The third kappa shape index (κ3) is 3.47. The van der Waals surface area contributed by atoms with Crippen LogP contribution >= 0.6 is 11.8 Å². The summed E-state index contributed by atoms with van der Waals surface area (Å²) in [6, 6.07) is 7.84. The molecule has 112 valence electrons. The molecule has 0 amide bonds. The monoisotopic (exact) mass is 305 g/mol. The summed E-state index contributed by atoms with van der Waals surface area (Å²) in [6.45, 7) is 6.05. The predicted octanol–water partition coefficient (Wildman–Crippen LogP) is 3.60. The molecule has 1 unspecified atom stereocenters. The highest BCUT2D eigenvalue weighted by atomic mass is 32.2. The van der Waals surface area contributed by atoms with Crippen LogP contribution in [-0.4, -0.2) is 29.9 Å². The van der Waals surface area contributed by atoms with Crippen molar-refractivity contribution in [2.75, 3.05) is 13.7 Å². The van der Waals surface area contributed by atoms with Crippen molar-refractivity contribution in [3.05, 3.63) is 29.8 Å². The van der Waals surface area contributed by atoms with Crippen LogP contribution in [0.25, 0.3) is 10.9 Å². The zero-order chi connectivity index (χ0) is 15.4. The number of hydrogen-bond acceptors (Lipinski definition) is 5. The minimum absolute atomic E-state index is 0.220. The third-order valence-electron chi connectivity index (χ3n) is 3.12. The first-order valence-corrected chi connectivity index (χ1v) is 7.72. The van der Waals surface area contributed by atoms with Crippen LogP contribution in [0.4, 0.5) is 0 Å². The van der Waals surface area contributed by atoms with Crippen LogP contribution in [0, 0.1) is 6.92 Å². The average Bonchev–Trinajstić information content (AvgIpc) is 2.47. The van der Waals surface area contributed by atoms with Crippen molar-refractivity contribution >= 4 is 28.6 Å². The number of aromatic nitrogens is 1. The molecular formula is C16H19NO3S. The average molecular weight is 305 g/mol. The third-order valence-corrected chi connectivity index (χ3v) is 4.12. The molecule has 1 aromatic heterocycles. The van der Waals surface area contributed by atoms with Crippen molar-refractivity contribution in [3.63, 3.8) is 0 Å². The smallest absolute Gasteiger partial charge is 0.319 e. The Bertz CT molecular complexity index is 657. The molecule has 0 saturated heterocycles. The van der Waals surface area contributed by atoms with Gasteiger partial charge in [0.2, 0.25) is 0 Å². The Morgan fingerprint density at radius 3 is 2.86 bits per heavy atom. The molecule has 0 radical (unpaired) electrons. The number of nitrogens with zero attached hydrogens (tertiary/aromatic N) is 1. The predicted molar refractivity (Wildman–Crippen MR) is 85.0 cm³/mol. The van der Waals surface area contributed by atoms with Crippen molar-refractivity contribution < 1.29 is 14.3 Å². The largest absolute Gasteiger partial charge is 0.494 e. The van der Waals surface area contributed by atoms with Gasteiger partial charge in [-0.05, 0) is 38.5 Å². The molecule has 2 rings (SSSR count). The van der Waals surface area contributed by atoms with Gasteiger partial charge in [-0.15, -0.1) is 0 Å². The van der Waals surface area contributed by atoms with Gasteiger partial charge in [-0.3, -0.25) is 4.79 Å². The van der Waals surface area contributed by atoms with Gasteiger partial charge in [0.25, 0.3) is 0 Å². The number of rotatable bonds is 5. The number of methoxy groups -OCH3 is 1. The summed E-state index contributed by atoms with van der Waals surface area (Å²) in [5.74, 6) is 0.518. The molecule has 21 heavy (non-hydrogen) atoms. The Kier molecular flexibility index (Phi) is 5.07. The lowest BCUT2D eigenvalue weighted by Crippen LogP contribution is -2.16. The zero-order valence-electron chi connectivity index (χ0n) is 12.7. The number of thioether (sulfide) groups is 1. The summed E-state index contributed by atoms with van der Waals surface area (Å²) in [5.41, 5.74) is 1.93. The summed E-state index contributed by atoms with van der Waals surface area (Å²) >= 11 is 1.40. The molecule has 1 heterocycles. The first kappa shape index (κ1) is 15.6. The maximum atomic E-state index is 11.7. The van der Waals surface area contributed by atoms with Crippen LogP contribution in [0.3, 0.4) is 0 Å². The van der Waals surface area contributed by atoms with Gasteiger partial charge in [0.15, 0.2) is 0 Å². The zero-order valence-corrected chi connectivity index (χ0v) is 13.5. The highest BCUT2D eigenvalue weighted by molar-refractivity contribution is 8.00. The number of hydrogen-bond donors (Lipinski definition) is 0. The molecule has 0 saturated carbocycles. The van der Waals surface area contributed by atoms with Gasteiger partial charge in [-0.1, -0.05) is 23.9 Å². The topological polar surface area (TPSA) is 48.4 Å². The number of esters is 1. The molecule has 2 aromatic rings. The number of benzene rings is 1. The Morgan fingerprint density at radius 1 is 1.43 bits per heavy atom. The van der Waals surface area contributed by atoms with Crippen molar-refractivity contribution in [2.24, 2.45) is 0 Å². The number of para-hydroxylation sites is 1. The van der Waals surface area contributed by atoms with Crippen molar-refractivity contribution in [2.45, 2.75) is 31.0 Å². The van der Waals surface area contributed by atoms with E-state index in [2.05, 4.69) is 4.98 Å². The summed E-state index contributed by atoms with van der Waals surface area (Å²) in [4.78, 5) is 16.3. The van der Waals surface area contributed by atoms with Crippen molar-refractivity contribution in [1.82, 2.24) is 4.98 Å². The number of carbonyl (C=O) groups excluding carboxylic acids is 1. The molecule has 0 N–H and O–H groups in total. The molecule has 0 aliphatic heterocycles. The van der Waals surface area contributed by atoms with E-state index in [1.54, 1.807) is 14.0 Å². The van der Waals surface area contributed by atoms with E-state index in [1.165, 1.54) is 11.8 Å². The van der Waals surface area contributed by atoms with E-state index in [0.29, 0.717) is 6.61 Å². The fourth-order valence-electron chi connectivity index (χ4n) is 2.08. The van der Waals surface area contributed by atoms with E-state index in [4.69, 9.17) is 9.47 Å². The maximum Gasteiger partial charge on any atom is 0.319 e. The van der Waals surface area contributed by atoms with E-state index in [-0.39, 0.29) is 11.2 Å². The van der Waals surface area contributed by atoms with E-state index in [9.17, 15) is 4.79 Å². The minimum Gasteiger partial charge on any atom is -0.494 e. The molecule has 0 bridgehead atoms. The van der Waals surface area contributed by atoms with Crippen LogP contribution < -0.4 is 4.74 Å². The number of ether oxygens (including phenoxy) is 2. The van der Waals surface area contributed by atoms with Gasteiger partial charge in [0.05, 0.1) is 18.7 Å². The van der Waals surface area contributed by atoms with Gasteiger partial charge >= 0.3 is 5.97 Å². The second-order valence-corrected chi connectivity index (χ2v) is 6.01. The molecule has 0 spiro atoms. The molecule has 4 nitrogen and oxygen atoms in total. The van der Waals surface area contributed by atoms with E-state index in [0.717, 1.165) is 27.2 Å². The molecule has 0 aliphatic carbocycles. The summed E-state index contributed by atoms with van der Waals surface area (Å²) in [7, 11) is 1.63. The number of pyridine rings is 1. The highest BCUT2D eigenvalue weighted by Crippen LogP contribution is 2.31. The highest BCUT2D eigenvalue weighted by Gasteiger charge is 2.17. The maximum absolute atomic E-state index is 11.7. The molecular weight excluding hydrogens is 286 g/mol. The summed E-state index contributed by atoms with van der Waals surface area (Å²) in [6.07, 6.45) is 0. The van der Waals surface area contributed by atoms with E-state index < -0.39 is 0 Å². The SMILES string of the molecule is CCOC(=O)C(C)Sc1cc(C)c2cccc(OC)c2n1. The van der Waals surface area contributed by atoms with E-state index in [1.807, 2.05) is 38.1 Å². The lowest BCUT2D eigenvalue weighted by Gasteiger charge is -2.12. The second kappa shape index (κ2) is 6.80. The van der Waals surface area contributed by atoms with Crippen molar-refractivity contribution in [3.8, 4) is 5.75 Å². The summed E-state index contributed by atoms with van der Waals surface area (Å²) in [5, 5.41) is 1.57. The first-order chi connectivity index (χ1) is 10.1. The first-order valence-electron chi connectivity index (χ1n) is 6.84. The lowest BCUT2D eigenvalue weighted by molar-refractivity contribution is -0.142. The fraction of sp³-hybridized carbons (Fsp3) is 0.375. The van der Waals surface area contributed by atoms with Gasteiger partial charge in [0.1, 0.15) is 16.5 Å². The van der Waals surface area contributed by atoms with Crippen LogP contribution in [0.5, 0.6) is 5.75 Å². The lowest BCUT2D eigenvalue weighted by atomic mass is 10.1. The Balaban J connectivity index is 2.35. The number of fused-ring (bicyclic) bond motifs is 1. The quantitative estimate of drug-likeness (QED) is 0.624. The summed E-state index contributed by atoms with van der Waals surface area (Å²) < 4.78 is 10.4. The molecule has 1 aromatic carbocycles. The van der Waals surface area contributed by atoms with Crippen LogP contribution in [0.1, 0.15) is 19.4 Å². The molecule has 0 fully saturated rings. The van der Waals surface area contributed by atoms with E-state index >= 15 is 0 Å². The Hall–Kier alpha value is -1.75. The molecule has 1 atom stereocenters. The normalized spacial score (nSPS) is 12.2. The molecule has 0 aliphatic rings. The van der Waals surface area contributed by atoms with Gasteiger partial charge in [-0.2, -0.15) is 0 Å². The minimum atomic E-state index is -0.288. The van der Waals surface area contributed by atoms with Gasteiger partial charge in [0, 0.05) is 5.39 Å². The Labute approximate surface area is 128 Å². The second-order valence-electron chi connectivity index (χ2n) is 4.65. The number of carbonyl (C=O) groups is 1.